The molecule has 2 aromatic heterocycles. The van der Waals surface area contributed by atoms with Gasteiger partial charge in [0.2, 0.25) is 0 Å². The molecule has 5 heteroatoms. The third-order valence-corrected chi connectivity index (χ3v) is 5.49. The molecular formula is C15H22N4S. The van der Waals surface area contributed by atoms with Crippen molar-refractivity contribution in [3.05, 3.63) is 23.5 Å². The van der Waals surface area contributed by atoms with Crippen molar-refractivity contribution in [3.63, 3.8) is 0 Å². The van der Waals surface area contributed by atoms with E-state index < -0.39 is 0 Å². The van der Waals surface area contributed by atoms with Crippen LogP contribution in [0.4, 0.5) is 0 Å². The summed E-state index contributed by atoms with van der Waals surface area (Å²) in [7, 11) is 0. The quantitative estimate of drug-likeness (QED) is 0.942. The number of rotatable bonds is 3. The summed E-state index contributed by atoms with van der Waals surface area (Å²) in [5, 5.41) is 5.84. The van der Waals surface area contributed by atoms with E-state index in [1.807, 2.05) is 0 Å². The summed E-state index contributed by atoms with van der Waals surface area (Å²) in [5.41, 5.74) is 1.21. The molecule has 0 spiro atoms. The van der Waals surface area contributed by atoms with Crippen LogP contribution in [0.3, 0.4) is 0 Å². The largest absolute Gasteiger partial charge is 0.312 e. The average molecular weight is 290 g/mol. The first-order valence-corrected chi connectivity index (χ1v) is 8.56. The van der Waals surface area contributed by atoms with E-state index >= 15 is 0 Å². The van der Waals surface area contributed by atoms with Gasteiger partial charge < -0.3 is 5.32 Å². The lowest BCUT2D eigenvalue weighted by Gasteiger charge is -2.28. The van der Waals surface area contributed by atoms with Crippen LogP contribution >= 0.6 is 11.3 Å². The molecule has 0 radical (unpaired) electrons. The highest BCUT2D eigenvalue weighted by Crippen LogP contribution is 2.34. The Kier molecular flexibility index (Phi) is 3.28. The predicted octanol–water partition coefficient (Wildman–Crippen LogP) is 2.36. The second kappa shape index (κ2) is 5.13. The minimum Gasteiger partial charge on any atom is -0.312 e. The van der Waals surface area contributed by atoms with Crippen LogP contribution in [-0.2, 0) is 6.54 Å². The molecule has 0 bridgehead atoms. The molecule has 2 unspecified atom stereocenters. The van der Waals surface area contributed by atoms with Gasteiger partial charge in [0, 0.05) is 42.9 Å². The molecule has 0 aromatic carbocycles. The Bertz CT molecular complexity index is 557. The van der Waals surface area contributed by atoms with Crippen molar-refractivity contribution >= 4 is 16.3 Å². The van der Waals surface area contributed by atoms with E-state index in [1.165, 1.54) is 31.5 Å². The zero-order valence-electron chi connectivity index (χ0n) is 12.0. The highest BCUT2D eigenvalue weighted by molar-refractivity contribution is 7.15. The Labute approximate surface area is 123 Å². The lowest BCUT2D eigenvalue weighted by molar-refractivity contribution is 0.189. The molecule has 2 fully saturated rings. The van der Waals surface area contributed by atoms with Gasteiger partial charge in [0.05, 0.1) is 5.69 Å². The Hall–Kier alpha value is -0.910. The minimum absolute atomic E-state index is 0.644. The molecule has 1 aliphatic carbocycles. The smallest absolute Gasteiger partial charge is 0.193 e. The van der Waals surface area contributed by atoms with E-state index in [1.54, 1.807) is 11.3 Å². The monoisotopic (exact) mass is 290 g/mol. The molecule has 0 amide bonds. The van der Waals surface area contributed by atoms with Gasteiger partial charge in [-0.05, 0) is 38.6 Å². The van der Waals surface area contributed by atoms with Crippen LogP contribution in [0.2, 0.25) is 0 Å². The van der Waals surface area contributed by atoms with E-state index in [9.17, 15) is 0 Å². The number of hydrogen-bond acceptors (Lipinski definition) is 4. The van der Waals surface area contributed by atoms with Crippen LogP contribution in [0.25, 0.3) is 4.96 Å². The number of nitrogens with one attached hydrogen (secondary N) is 1. The molecule has 108 valence electrons. The second-order valence-electron chi connectivity index (χ2n) is 6.29. The topological polar surface area (TPSA) is 32.6 Å². The van der Waals surface area contributed by atoms with E-state index in [2.05, 4.69) is 39.3 Å². The Morgan fingerprint density at radius 2 is 2.30 bits per heavy atom. The summed E-state index contributed by atoms with van der Waals surface area (Å²) in [6.45, 7) is 5.68. The van der Waals surface area contributed by atoms with Gasteiger partial charge in [0.15, 0.2) is 4.96 Å². The van der Waals surface area contributed by atoms with Gasteiger partial charge in [-0.25, -0.2) is 4.98 Å². The number of hydrogen-bond donors (Lipinski definition) is 1. The van der Waals surface area contributed by atoms with E-state index in [4.69, 9.17) is 4.98 Å². The maximum absolute atomic E-state index is 4.74. The SMILES string of the molecule is CC1CCNC(C2CC2)CN1Cc1cn2ccsc2n1. The number of aromatic nitrogens is 2. The molecule has 4 nitrogen and oxygen atoms in total. The first kappa shape index (κ1) is 12.8. The molecule has 1 saturated heterocycles. The van der Waals surface area contributed by atoms with Crippen LogP contribution in [0.5, 0.6) is 0 Å². The molecule has 2 aliphatic rings. The minimum atomic E-state index is 0.644. The zero-order chi connectivity index (χ0) is 13.5. The highest BCUT2D eigenvalue weighted by Gasteiger charge is 2.34. The van der Waals surface area contributed by atoms with Crippen molar-refractivity contribution < 1.29 is 0 Å². The summed E-state index contributed by atoms with van der Waals surface area (Å²) in [6.07, 6.45) is 8.35. The van der Waals surface area contributed by atoms with Crippen LogP contribution in [0.1, 0.15) is 31.9 Å². The molecule has 1 saturated carbocycles. The van der Waals surface area contributed by atoms with Crippen molar-refractivity contribution in [2.75, 3.05) is 13.1 Å². The highest BCUT2D eigenvalue weighted by atomic mass is 32.1. The third-order valence-electron chi connectivity index (χ3n) is 4.72. The first-order chi connectivity index (χ1) is 9.79. The molecular weight excluding hydrogens is 268 g/mol. The van der Waals surface area contributed by atoms with E-state index in [0.717, 1.165) is 24.0 Å². The van der Waals surface area contributed by atoms with Crippen molar-refractivity contribution in [2.45, 2.75) is 44.8 Å². The van der Waals surface area contributed by atoms with Crippen molar-refractivity contribution in [1.29, 1.82) is 0 Å². The van der Waals surface area contributed by atoms with Crippen molar-refractivity contribution in [1.82, 2.24) is 19.6 Å². The van der Waals surface area contributed by atoms with Gasteiger partial charge in [-0.15, -0.1) is 11.3 Å². The fraction of sp³-hybridized carbons (Fsp3) is 0.667. The standard InChI is InChI=1S/C15H22N4S/c1-11-4-5-16-14(12-2-3-12)10-19(11)9-13-8-18-6-7-20-15(18)17-13/h6-8,11-12,14,16H,2-5,9-10H2,1H3. The first-order valence-electron chi connectivity index (χ1n) is 7.68. The van der Waals surface area contributed by atoms with Crippen LogP contribution in [-0.4, -0.2) is 39.5 Å². The van der Waals surface area contributed by atoms with Crippen LogP contribution in [0, 0.1) is 5.92 Å². The number of thiazole rings is 1. The maximum atomic E-state index is 4.74. The van der Waals surface area contributed by atoms with Gasteiger partial charge in [-0.3, -0.25) is 9.30 Å². The molecule has 3 heterocycles. The zero-order valence-corrected chi connectivity index (χ0v) is 12.8. The molecule has 1 N–H and O–H groups in total. The number of fused-ring (bicyclic) bond motifs is 1. The summed E-state index contributed by atoms with van der Waals surface area (Å²) < 4.78 is 2.14. The Morgan fingerprint density at radius 1 is 1.40 bits per heavy atom. The maximum Gasteiger partial charge on any atom is 0.193 e. The third kappa shape index (κ3) is 2.50. The van der Waals surface area contributed by atoms with E-state index in [0.29, 0.717) is 12.1 Å². The van der Waals surface area contributed by atoms with Gasteiger partial charge in [-0.1, -0.05) is 0 Å². The lowest BCUT2D eigenvalue weighted by atomic mass is 10.1. The van der Waals surface area contributed by atoms with Crippen molar-refractivity contribution in [2.24, 2.45) is 5.92 Å². The fourth-order valence-electron chi connectivity index (χ4n) is 3.25. The van der Waals surface area contributed by atoms with Crippen molar-refractivity contribution in [3.8, 4) is 0 Å². The summed E-state index contributed by atoms with van der Waals surface area (Å²) in [6, 6.07) is 1.34. The van der Waals surface area contributed by atoms with Crippen LogP contribution in [0.15, 0.2) is 17.8 Å². The number of nitrogens with zero attached hydrogens (tertiary/aromatic N) is 3. The molecule has 20 heavy (non-hydrogen) atoms. The summed E-state index contributed by atoms with van der Waals surface area (Å²) >= 11 is 1.71. The summed E-state index contributed by atoms with van der Waals surface area (Å²) in [5.74, 6) is 0.924. The van der Waals surface area contributed by atoms with Gasteiger partial charge in [0.1, 0.15) is 0 Å². The van der Waals surface area contributed by atoms with Gasteiger partial charge >= 0.3 is 0 Å². The molecule has 4 rings (SSSR count). The molecule has 2 atom stereocenters. The van der Waals surface area contributed by atoms with E-state index in [-0.39, 0.29) is 0 Å². The number of imidazole rings is 1. The lowest BCUT2D eigenvalue weighted by Crippen LogP contribution is -2.41. The average Bonchev–Trinajstić information content (AvgIpc) is 3.10. The summed E-state index contributed by atoms with van der Waals surface area (Å²) in [4.78, 5) is 8.47. The Balaban J connectivity index is 1.50. The van der Waals surface area contributed by atoms with Crippen LogP contribution < -0.4 is 5.32 Å². The normalized spacial score (nSPS) is 28.9. The fourth-order valence-corrected chi connectivity index (χ4v) is 3.97. The Morgan fingerprint density at radius 3 is 3.10 bits per heavy atom. The molecule has 2 aromatic rings. The second-order valence-corrected chi connectivity index (χ2v) is 7.16. The predicted molar refractivity (Wildman–Crippen MR) is 82.1 cm³/mol. The van der Waals surface area contributed by atoms with Gasteiger partial charge in [-0.2, -0.15) is 0 Å². The molecule has 1 aliphatic heterocycles. The van der Waals surface area contributed by atoms with Gasteiger partial charge in [0.25, 0.3) is 0 Å².